The second-order valence-corrected chi connectivity index (χ2v) is 20.2. The van der Waals surface area contributed by atoms with Crippen molar-refractivity contribution in [3.63, 3.8) is 0 Å². The maximum Gasteiger partial charge on any atom is 0.306 e. The van der Waals surface area contributed by atoms with Crippen molar-refractivity contribution in [2.45, 2.75) is 297 Å². The van der Waals surface area contributed by atoms with Crippen molar-refractivity contribution in [2.24, 2.45) is 0 Å². The molecule has 0 aliphatic heterocycles. The predicted molar refractivity (Wildman–Crippen MR) is 316 cm³/mol. The molecule has 0 amide bonds. The Hall–Kier alpha value is -3.67. The Labute approximate surface area is 451 Å². The number of carbonyl (C=O) groups is 3. The molecule has 6 nitrogen and oxygen atoms in total. The molecule has 73 heavy (non-hydrogen) atoms. The highest BCUT2D eigenvalue weighted by Crippen LogP contribution is 2.17. The summed E-state index contributed by atoms with van der Waals surface area (Å²) >= 11 is 0. The van der Waals surface area contributed by atoms with Gasteiger partial charge in [-0.1, -0.05) is 272 Å². The fraction of sp³-hybridized carbons (Fsp3) is 0.716. The third-order valence-corrected chi connectivity index (χ3v) is 13.1. The van der Waals surface area contributed by atoms with Crippen molar-refractivity contribution in [2.75, 3.05) is 13.2 Å². The lowest BCUT2D eigenvalue weighted by Gasteiger charge is -2.18. The standard InChI is InChI=1S/C67H114O6/c1-4-7-10-13-16-19-22-25-28-30-31-32-33-34-35-37-39-42-45-48-51-54-57-60-66(69)72-63-64(62-71-65(68)59-56-53-50-47-44-41-38-27-24-21-18-15-12-9-6-3)73-67(70)61-58-55-52-49-46-43-40-36-29-26-23-20-17-14-11-8-5-2/h8-9,11-12,17-18,20-21,26-27,29,38,40,43-44,47,64H,4-7,10,13-16,19,22-25,28,30-37,39,41-42,45-46,48-63H2,1-3H3/b11-8-,12-9-,20-17-,21-18-,29-26-,38-27-,43-40-,47-44-. The average molecular weight is 1020 g/mol. The van der Waals surface area contributed by atoms with E-state index in [9.17, 15) is 14.4 Å². The summed E-state index contributed by atoms with van der Waals surface area (Å²) in [6, 6.07) is 0. The molecular weight excluding hydrogens is 901 g/mol. The lowest BCUT2D eigenvalue weighted by Crippen LogP contribution is -2.30. The van der Waals surface area contributed by atoms with Gasteiger partial charge in [-0.25, -0.2) is 0 Å². The predicted octanol–water partition coefficient (Wildman–Crippen LogP) is 20.9. The zero-order valence-electron chi connectivity index (χ0n) is 47.9. The smallest absolute Gasteiger partial charge is 0.306 e. The summed E-state index contributed by atoms with van der Waals surface area (Å²) in [5, 5.41) is 0. The summed E-state index contributed by atoms with van der Waals surface area (Å²) in [5.74, 6) is -0.959. The quantitative estimate of drug-likeness (QED) is 0.0261. The molecule has 0 aromatic heterocycles. The van der Waals surface area contributed by atoms with Gasteiger partial charge in [0.25, 0.3) is 0 Å². The lowest BCUT2D eigenvalue weighted by atomic mass is 10.0. The molecular formula is C67H114O6. The zero-order valence-corrected chi connectivity index (χ0v) is 47.9. The summed E-state index contributed by atoms with van der Waals surface area (Å²) in [6.45, 7) is 6.38. The minimum Gasteiger partial charge on any atom is -0.462 e. The first kappa shape index (κ1) is 69.3. The maximum absolute atomic E-state index is 12.9. The molecule has 0 rings (SSSR count). The van der Waals surface area contributed by atoms with E-state index in [4.69, 9.17) is 14.2 Å². The lowest BCUT2D eigenvalue weighted by molar-refractivity contribution is -0.167. The SMILES string of the molecule is CC/C=C\C/C=C\C/C=C\C/C=C\CCCCCCC(=O)OC(COC(=O)CCCC/C=C\C/C=C\C/C=C\C/C=C\CC)COC(=O)CCCCCCCCCCCCCCCCCCCCCCCCC. The molecule has 1 atom stereocenters. The van der Waals surface area contributed by atoms with Crippen LogP contribution in [0.25, 0.3) is 0 Å². The highest BCUT2D eigenvalue weighted by Gasteiger charge is 2.19. The van der Waals surface area contributed by atoms with E-state index in [1.165, 1.54) is 128 Å². The molecule has 0 heterocycles. The van der Waals surface area contributed by atoms with Gasteiger partial charge in [0.2, 0.25) is 0 Å². The van der Waals surface area contributed by atoms with Crippen LogP contribution in [0.5, 0.6) is 0 Å². The van der Waals surface area contributed by atoms with Crippen LogP contribution in [-0.2, 0) is 28.6 Å². The molecule has 0 aromatic carbocycles. The van der Waals surface area contributed by atoms with Crippen molar-refractivity contribution >= 4 is 17.9 Å². The third kappa shape index (κ3) is 59.1. The van der Waals surface area contributed by atoms with Crippen LogP contribution in [0.15, 0.2) is 97.2 Å². The molecule has 6 heteroatoms. The molecule has 0 radical (unpaired) electrons. The van der Waals surface area contributed by atoms with Crippen LogP contribution < -0.4 is 0 Å². The number of unbranched alkanes of at least 4 members (excludes halogenated alkanes) is 28. The minimum absolute atomic E-state index is 0.0993. The van der Waals surface area contributed by atoms with Gasteiger partial charge in [-0.05, 0) is 96.3 Å². The van der Waals surface area contributed by atoms with Gasteiger partial charge in [-0.15, -0.1) is 0 Å². The molecule has 418 valence electrons. The molecule has 1 unspecified atom stereocenters. The van der Waals surface area contributed by atoms with E-state index in [1.54, 1.807) is 0 Å². The third-order valence-electron chi connectivity index (χ3n) is 13.1. The van der Waals surface area contributed by atoms with Crippen LogP contribution in [0.4, 0.5) is 0 Å². The summed E-state index contributed by atoms with van der Waals surface area (Å²) < 4.78 is 16.8. The van der Waals surface area contributed by atoms with Gasteiger partial charge in [0, 0.05) is 19.3 Å². The Morgan fingerprint density at radius 2 is 0.534 bits per heavy atom. The van der Waals surface area contributed by atoms with Crippen molar-refractivity contribution < 1.29 is 28.6 Å². The van der Waals surface area contributed by atoms with E-state index >= 15 is 0 Å². The number of carbonyl (C=O) groups excluding carboxylic acids is 3. The Morgan fingerprint density at radius 1 is 0.288 bits per heavy atom. The van der Waals surface area contributed by atoms with Crippen molar-refractivity contribution in [3.05, 3.63) is 97.2 Å². The van der Waals surface area contributed by atoms with E-state index in [0.29, 0.717) is 19.3 Å². The van der Waals surface area contributed by atoms with Gasteiger partial charge in [-0.2, -0.15) is 0 Å². The first-order chi connectivity index (χ1) is 36.0. The minimum atomic E-state index is -0.808. The van der Waals surface area contributed by atoms with Gasteiger partial charge in [0.15, 0.2) is 6.10 Å². The van der Waals surface area contributed by atoms with Gasteiger partial charge < -0.3 is 14.2 Å². The van der Waals surface area contributed by atoms with Crippen molar-refractivity contribution in [3.8, 4) is 0 Å². The number of rotatable bonds is 55. The van der Waals surface area contributed by atoms with Gasteiger partial charge in [-0.3, -0.25) is 14.4 Å². The fourth-order valence-corrected chi connectivity index (χ4v) is 8.54. The van der Waals surface area contributed by atoms with Crippen molar-refractivity contribution in [1.82, 2.24) is 0 Å². The van der Waals surface area contributed by atoms with Crippen LogP contribution in [0, 0.1) is 0 Å². The molecule has 0 N–H and O–H groups in total. The highest BCUT2D eigenvalue weighted by molar-refractivity contribution is 5.71. The van der Waals surface area contributed by atoms with Gasteiger partial charge in [0.05, 0.1) is 0 Å². The Morgan fingerprint density at radius 3 is 0.863 bits per heavy atom. The zero-order chi connectivity index (χ0) is 52.9. The molecule has 0 aromatic rings. The molecule has 0 bridgehead atoms. The second kappa shape index (κ2) is 60.9. The van der Waals surface area contributed by atoms with Crippen LogP contribution >= 0.6 is 0 Å². The topological polar surface area (TPSA) is 78.9 Å². The fourth-order valence-electron chi connectivity index (χ4n) is 8.54. The largest absolute Gasteiger partial charge is 0.462 e. The first-order valence-corrected chi connectivity index (χ1v) is 30.7. The molecule has 0 aliphatic rings. The molecule has 0 saturated heterocycles. The monoisotopic (exact) mass is 1010 g/mol. The van der Waals surface area contributed by atoms with E-state index in [1.807, 2.05) is 0 Å². The number of allylic oxidation sites excluding steroid dienone is 16. The first-order valence-electron chi connectivity index (χ1n) is 30.7. The van der Waals surface area contributed by atoms with E-state index in [0.717, 1.165) is 122 Å². The molecule has 0 spiro atoms. The van der Waals surface area contributed by atoms with Gasteiger partial charge >= 0.3 is 17.9 Å². The summed E-state index contributed by atoms with van der Waals surface area (Å²) in [6.07, 6.45) is 81.3. The van der Waals surface area contributed by atoms with Gasteiger partial charge in [0.1, 0.15) is 13.2 Å². The summed E-state index contributed by atoms with van der Waals surface area (Å²) in [4.78, 5) is 38.2. The normalized spacial score (nSPS) is 12.8. The van der Waals surface area contributed by atoms with Crippen LogP contribution in [0.1, 0.15) is 290 Å². The van der Waals surface area contributed by atoms with E-state index in [2.05, 4.69) is 118 Å². The van der Waals surface area contributed by atoms with E-state index in [-0.39, 0.29) is 31.1 Å². The Balaban J connectivity index is 4.39. The Kier molecular flexibility index (Phi) is 57.8. The Bertz CT molecular complexity index is 1440. The summed E-state index contributed by atoms with van der Waals surface area (Å²) in [5.41, 5.74) is 0. The highest BCUT2D eigenvalue weighted by atomic mass is 16.6. The maximum atomic E-state index is 12.9. The molecule has 0 fully saturated rings. The second-order valence-electron chi connectivity index (χ2n) is 20.2. The summed E-state index contributed by atoms with van der Waals surface area (Å²) in [7, 11) is 0. The number of hydrogen-bond donors (Lipinski definition) is 0. The number of ether oxygens (including phenoxy) is 3. The van der Waals surface area contributed by atoms with Crippen molar-refractivity contribution in [1.29, 1.82) is 0 Å². The van der Waals surface area contributed by atoms with Crippen LogP contribution in [0.3, 0.4) is 0 Å². The average Bonchev–Trinajstić information content (AvgIpc) is 3.39. The van der Waals surface area contributed by atoms with Crippen LogP contribution in [0.2, 0.25) is 0 Å². The molecule has 0 saturated carbocycles. The number of hydrogen-bond acceptors (Lipinski definition) is 6. The number of esters is 3. The van der Waals surface area contributed by atoms with Crippen LogP contribution in [-0.4, -0.2) is 37.2 Å². The van der Waals surface area contributed by atoms with E-state index < -0.39 is 6.10 Å². The molecule has 0 aliphatic carbocycles.